The summed E-state index contributed by atoms with van der Waals surface area (Å²) in [6, 6.07) is 4.16. The minimum Gasteiger partial charge on any atom is -0.215 e. The minimum atomic E-state index is 0.779. The Morgan fingerprint density at radius 1 is 1.41 bits per heavy atom. The normalized spacial score (nSPS) is 10.9. The van der Waals surface area contributed by atoms with Crippen LogP contribution < -0.4 is 0 Å². The second-order valence-electron chi connectivity index (χ2n) is 3.75. The van der Waals surface area contributed by atoms with Gasteiger partial charge in [0.2, 0.25) is 5.16 Å². The SMILES string of the molecule is CCCCCSc1nnnn1Cc1cccs1. The van der Waals surface area contributed by atoms with Crippen molar-refractivity contribution in [3.63, 3.8) is 0 Å². The van der Waals surface area contributed by atoms with Gasteiger partial charge in [0, 0.05) is 10.6 Å². The number of nitrogens with zero attached hydrogens (tertiary/aromatic N) is 4. The van der Waals surface area contributed by atoms with Crippen LogP contribution in [0.4, 0.5) is 0 Å². The average molecular weight is 268 g/mol. The molecule has 2 aromatic heterocycles. The molecule has 0 amide bonds. The molecule has 92 valence electrons. The van der Waals surface area contributed by atoms with Crippen molar-refractivity contribution in [2.45, 2.75) is 37.9 Å². The summed E-state index contributed by atoms with van der Waals surface area (Å²) in [7, 11) is 0. The summed E-state index contributed by atoms with van der Waals surface area (Å²) in [4.78, 5) is 1.28. The Bertz CT molecular complexity index is 424. The lowest BCUT2D eigenvalue weighted by Crippen LogP contribution is -2.02. The zero-order chi connectivity index (χ0) is 11.9. The molecule has 0 unspecified atom stereocenters. The summed E-state index contributed by atoms with van der Waals surface area (Å²) in [6.07, 6.45) is 3.76. The highest BCUT2D eigenvalue weighted by atomic mass is 32.2. The highest BCUT2D eigenvalue weighted by Crippen LogP contribution is 2.18. The Morgan fingerprint density at radius 3 is 3.12 bits per heavy atom. The molecule has 0 aromatic carbocycles. The average Bonchev–Trinajstić information content (AvgIpc) is 2.97. The van der Waals surface area contributed by atoms with Crippen molar-refractivity contribution in [2.24, 2.45) is 0 Å². The van der Waals surface area contributed by atoms with E-state index >= 15 is 0 Å². The van der Waals surface area contributed by atoms with Gasteiger partial charge in [0.25, 0.3) is 0 Å². The number of tetrazole rings is 1. The molecule has 2 rings (SSSR count). The zero-order valence-electron chi connectivity index (χ0n) is 9.87. The van der Waals surface area contributed by atoms with E-state index in [1.165, 1.54) is 24.1 Å². The van der Waals surface area contributed by atoms with Crippen LogP contribution in [0.2, 0.25) is 0 Å². The number of aromatic nitrogens is 4. The third-order valence-corrected chi connectivity index (χ3v) is 4.27. The van der Waals surface area contributed by atoms with E-state index in [1.807, 2.05) is 4.68 Å². The molecule has 0 spiro atoms. The molecule has 0 radical (unpaired) electrons. The quantitative estimate of drug-likeness (QED) is 0.572. The molecule has 2 heterocycles. The van der Waals surface area contributed by atoms with Crippen molar-refractivity contribution in [1.82, 2.24) is 20.2 Å². The van der Waals surface area contributed by atoms with E-state index in [-0.39, 0.29) is 0 Å². The van der Waals surface area contributed by atoms with Gasteiger partial charge < -0.3 is 0 Å². The number of hydrogen-bond acceptors (Lipinski definition) is 5. The molecule has 4 nitrogen and oxygen atoms in total. The highest BCUT2D eigenvalue weighted by molar-refractivity contribution is 7.99. The molecule has 0 fully saturated rings. The van der Waals surface area contributed by atoms with Crippen LogP contribution in [0.1, 0.15) is 31.1 Å². The smallest absolute Gasteiger partial charge is 0.209 e. The van der Waals surface area contributed by atoms with E-state index in [0.29, 0.717) is 0 Å². The fourth-order valence-electron chi connectivity index (χ4n) is 1.46. The van der Waals surface area contributed by atoms with E-state index < -0.39 is 0 Å². The van der Waals surface area contributed by atoms with Crippen molar-refractivity contribution >= 4 is 23.1 Å². The third kappa shape index (κ3) is 3.81. The molecule has 17 heavy (non-hydrogen) atoms. The summed E-state index contributed by atoms with van der Waals surface area (Å²) in [5.41, 5.74) is 0. The Hall–Kier alpha value is -0.880. The lowest BCUT2D eigenvalue weighted by atomic mass is 10.3. The minimum absolute atomic E-state index is 0.779. The number of thiophene rings is 1. The lowest BCUT2D eigenvalue weighted by molar-refractivity contribution is 0.608. The standard InChI is InChI=1S/C11H16N4S2/c1-2-3-4-7-17-11-12-13-14-15(11)9-10-6-5-8-16-10/h5-6,8H,2-4,7,9H2,1H3. The lowest BCUT2D eigenvalue weighted by Gasteiger charge is -2.02. The largest absolute Gasteiger partial charge is 0.215 e. The molecule has 0 saturated heterocycles. The van der Waals surface area contributed by atoms with Gasteiger partial charge >= 0.3 is 0 Å². The monoisotopic (exact) mass is 268 g/mol. The molecule has 0 N–H and O–H groups in total. The molecule has 0 atom stereocenters. The van der Waals surface area contributed by atoms with Gasteiger partial charge in [0.05, 0.1) is 6.54 Å². The molecule has 6 heteroatoms. The number of hydrogen-bond donors (Lipinski definition) is 0. The van der Waals surface area contributed by atoms with E-state index in [1.54, 1.807) is 23.1 Å². The Balaban J connectivity index is 1.88. The first-order valence-corrected chi connectivity index (χ1v) is 7.68. The molecule has 0 bridgehead atoms. The number of unbranched alkanes of at least 4 members (excludes halogenated alkanes) is 2. The molecular weight excluding hydrogens is 252 g/mol. The first-order valence-electron chi connectivity index (χ1n) is 5.81. The molecule has 0 aliphatic carbocycles. The van der Waals surface area contributed by atoms with E-state index in [2.05, 4.69) is 40.0 Å². The van der Waals surface area contributed by atoms with Gasteiger partial charge in [-0.1, -0.05) is 37.6 Å². The number of rotatable bonds is 7. The van der Waals surface area contributed by atoms with Gasteiger partial charge in [-0.3, -0.25) is 0 Å². The summed E-state index contributed by atoms with van der Waals surface area (Å²) >= 11 is 3.48. The topological polar surface area (TPSA) is 43.6 Å². The predicted octanol–water partition coefficient (Wildman–Crippen LogP) is 3.07. The first-order chi connectivity index (χ1) is 8.40. The molecular formula is C11H16N4S2. The van der Waals surface area contributed by atoms with Gasteiger partial charge in [0.15, 0.2) is 0 Å². The van der Waals surface area contributed by atoms with Crippen LogP contribution in [0.5, 0.6) is 0 Å². The maximum absolute atomic E-state index is 4.06. The summed E-state index contributed by atoms with van der Waals surface area (Å²) in [6.45, 7) is 2.99. The Kier molecular flexibility index (Phi) is 5.00. The number of thioether (sulfide) groups is 1. The first kappa shape index (κ1) is 12.6. The second-order valence-corrected chi connectivity index (χ2v) is 5.85. The fourth-order valence-corrected chi connectivity index (χ4v) is 3.03. The Morgan fingerprint density at radius 2 is 2.35 bits per heavy atom. The molecule has 2 aromatic rings. The van der Waals surface area contributed by atoms with Crippen molar-refractivity contribution in [3.8, 4) is 0 Å². The van der Waals surface area contributed by atoms with Crippen LogP contribution in [0.3, 0.4) is 0 Å². The molecule has 0 aliphatic heterocycles. The van der Waals surface area contributed by atoms with Gasteiger partial charge in [-0.2, -0.15) is 0 Å². The van der Waals surface area contributed by atoms with Crippen LogP contribution in [-0.2, 0) is 6.54 Å². The van der Waals surface area contributed by atoms with Crippen LogP contribution in [0.15, 0.2) is 22.7 Å². The van der Waals surface area contributed by atoms with Crippen molar-refractivity contribution < 1.29 is 0 Å². The summed E-state index contributed by atoms with van der Waals surface area (Å²) < 4.78 is 1.88. The van der Waals surface area contributed by atoms with Gasteiger partial charge in [-0.15, -0.1) is 16.4 Å². The van der Waals surface area contributed by atoms with Crippen LogP contribution in [0.25, 0.3) is 0 Å². The van der Waals surface area contributed by atoms with Gasteiger partial charge in [-0.25, -0.2) is 4.68 Å². The van der Waals surface area contributed by atoms with Crippen molar-refractivity contribution in [1.29, 1.82) is 0 Å². The summed E-state index contributed by atoms with van der Waals surface area (Å²) in [5.74, 6) is 1.10. The van der Waals surface area contributed by atoms with E-state index in [0.717, 1.165) is 17.5 Å². The van der Waals surface area contributed by atoms with E-state index in [4.69, 9.17) is 0 Å². The maximum atomic E-state index is 4.06. The Labute approximate surface area is 109 Å². The third-order valence-electron chi connectivity index (χ3n) is 2.36. The van der Waals surface area contributed by atoms with Crippen LogP contribution in [0, 0.1) is 0 Å². The maximum Gasteiger partial charge on any atom is 0.209 e. The van der Waals surface area contributed by atoms with Gasteiger partial charge in [-0.05, 0) is 28.3 Å². The zero-order valence-corrected chi connectivity index (χ0v) is 11.5. The van der Waals surface area contributed by atoms with Crippen LogP contribution >= 0.6 is 23.1 Å². The molecule has 0 aliphatic rings. The van der Waals surface area contributed by atoms with Crippen molar-refractivity contribution in [2.75, 3.05) is 5.75 Å². The second kappa shape index (κ2) is 6.76. The summed E-state index contributed by atoms with van der Waals surface area (Å²) in [5, 5.41) is 14.8. The van der Waals surface area contributed by atoms with Crippen molar-refractivity contribution in [3.05, 3.63) is 22.4 Å². The van der Waals surface area contributed by atoms with Gasteiger partial charge in [0.1, 0.15) is 0 Å². The predicted molar refractivity (Wildman–Crippen MR) is 71.5 cm³/mol. The van der Waals surface area contributed by atoms with Crippen LogP contribution in [-0.4, -0.2) is 26.0 Å². The van der Waals surface area contributed by atoms with E-state index in [9.17, 15) is 0 Å². The fraction of sp³-hybridized carbons (Fsp3) is 0.545. The molecule has 0 saturated carbocycles. The highest BCUT2D eigenvalue weighted by Gasteiger charge is 2.07.